The zero-order valence-electron chi connectivity index (χ0n) is 19.5. The molecular formula is C30H25N3O. The maximum Gasteiger partial charge on any atom is 0.145 e. The first-order chi connectivity index (χ1) is 16.6. The maximum absolute atomic E-state index is 6.51. The van der Waals surface area contributed by atoms with Crippen molar-refractivity contribution in [2.75, 3.05) is 11.9 Å². The number of rotatable bonds is 2. The fourth-order valence-electron chi connectivity index (χ4n) is 5.46. The van der Waals surface area contributed by atoms with Gasteiger partial charge in [0, 0.05) is 47.0 Å². The van der Waals surface area contributed by atoms with Gasteiger partial charge in [0.2, 0.25) is 0 Å². The quantitative estimate of drug-likeness (QED) is 0.276. The molecule has 0 amide bonds. The summed E-state index contributed by atoms with van der Waals surface area (Å²) < 4.78 is 8.87. The number of hydrogen-bond donors (Lipinski definition) is 0. The molecule has 4 aromatic carbocycles. The standard InChI is InChI=1S/C30H25N3O/c1-19-17-27-24(18-26(19)32-16-15-31(3)20(32)2)29-25(33(27)21-9-5-4-6-10-21)14-13-23-22-11-7-8-12-28(22)34-30(23)29/h4-18,20H,1-3H3/t20-/m0/s1. The van der Waals surface area contributed by atoms with Crippen LogP contribution in [0.25, 0.3) is 49.4 Å². The summed E-state index contributed by atoms with van der Waals surface area (Å²) in [4.78, 5) is 4.58. The number of aromatic nitrogens is 1. The van der Waals surface area contributed by atoms with E-state index in [0.29, 0.717) is 0 Å². The van der Waals surface area contributed by atoms with E-state index in [0.717, 1.165) is 38.5 Å². The molecule has 0 aliphatic carbocycles. The van der Waals surface area contributed by atoms with Gasteiger partial charge >= 0.3 is 0 Å². The predicted octanol–water partition coefficient (Wildman–Crippen LogP) is 7.56. The minimum Gasteiger partial charge on any atom is -0.455 e. The van der Waals surface area contributed by atoms with Crippen molar-refractivity contribution in [1.82, 2.24) is 9.47 Å². The predicted molar refractivity (Wildman–Crippen MR) is 142 cm³/mol. The molecule has 166 valence electrons. The third-order valence-corrected chi connectivity index (χ3v) is 7.34. The van der Waals surface area contributed by atoms with Gasteiger partial charge in [0.15, 0.2) is 0 Å². The number of anilines is 1. The van der Waals surface area contributed by atoms with Crippen LogP contribution >= 0.6 is 0 Å². The number of furan rings is 1. The highest BCUT2D eigenvalue weighted by Gasteiger charge is 2.24. The van der Waals surface area contributed by atoms with E-state index in [1.807, 2.05) is 6.07 Å². The van der Waals surface area contributed by atoms with Crippen molar-refractivity contribution in [2.45, 2.75) is 20.0 Å². The maximum atomic E-state index is 6.51. The van der Waals surface area contributed by atoms with E-state index in [2.05, 4.69) is 120 Å². The summed E-state index contributed by atoms with van der Waals surface area (Å²) in [5.41, 5.74) is 7.86. The highest BCUT2D eigenvalue weighted by atomic mass is 16.3. The third kappa shape index (κ3) is 2.54. The summed E-state index contributed by atoms with van der Waals surface area (Å²) in [6, 6.07) is 28.0. The summed E-state index contributed by atoms with van der Waals surface area (Å²) >= 11 is 0. The van der Waals surface area contributed by atoms with Crippen LogP contribution in [0, 0.1) is 6.92 Å². The van der Waals surface area contributed by atoms with Crippen LogP contribution < -0.4 is 4.90 Å². The van der Waals surface area contributed by atoms with Crippen molar-refractivity contribution in [3.05, 3.63) is 96.8 Å². The Hall–Kier alpha value is -4.18. The number of benzene rings is 4. The third-order valence-electron chi connectivity index (χ3n) is 7.34. The van der Waals surface area contributed by atoms with Crippen LogP contribution in [0.4, 0.5) is 5.69 Å². The highest BCUT2D eigenvalue weighted by Crippen LogP contribution is 2.42. The van der Waals surface area contributed by atoms with Gasteiger partial charge in [-0.25, -0.2) is 0 Å². The van der Waals surface area contributed by atoms with Crippen molar-refractivity contribution in [2.24, 2.45) is 0 Å². The molecular weight excluding hydrogens is 418 g/mol. The summed E-state index contributed by atoms with van der Waals surface area (Å²) in [6.07, 6.45) is 4.58. The van der Waals surface area contributed by atoms with E-state index in [9.17, 15) is 0 Å². The van der Waals surface area contributed by atoms with E-state index >= 15 is 0 Å². The molecule has 0 saturated carbocycles. The minimum absolute atomic E-state index is 0.268. The Morgan fingerprint density at radius 2 is 1.56 bits per heavy atom. The summed E-state index contributed by atoms with van der Waals surface area (Å²) in [5.74, 6) is 0. The second-order valence-electron chi connectivity index (χ2n) is 9.26. The molecule has 0 unspecified atom stereocenters. The highest BCUT2D eigenvalue weighted by molar-refractivity contribution is 6.24. The Labute approximate surface area is 197 Å². The lowest BCUT2D eigenvalue weighted by atomic mass is 10.1. The Bertz CT molecular complexity index is 1760. The lowest BCUT2D eigenvalue weighted by Gasteiger charge is -2.28. The van der Waals surface area contributed by atoms with Crippen molar-refractivity contribution < 1.29 is 4.42 Å². The average molecular weight is 444 g/mol. The van der Waals surface area contributed by atoms with E-state index in [-0.39, 0.29) is 6.17 Å². The number of fused-ring (bicyclic) bond motifs is 7. The SMILES string of the molecule is Cc1cc2c(cc1N1C=CN(C)[C@@H]1C)c1c3oc4ccccc4c3ccc1n2-c1ccccc1. The molecule has 0 saturated heterocycles. The van der Waals surface area contributed by atoms with Crippen LogP contribution in [0.5, 0.6) is 0 Å². The van der Waals surface area contributed by atoms with E-state index in [1.165, 1.54) is 22.2 Å². The molecule has 2 aromatic heterocycles. The molecule has 6 aromatic rings. The first-order valence-electron chi connectivity index (χ1n) is 11.7. The first-order valence-corrected chi connectivity index (χ1v) is 11.7. The van der Waals surface area contributed by atoms with Gasteiger partial charge < -0.3 is 18.8 Å². The van der Waals surface area contributed by atoms with Crippen molar-refractivity contribution >= 4 is 49.4 Å². The van der Waals surface area contributed by atoms with Crippen molar-refractivity contribution in [3.8, 4) is 5.69 Å². The topological polar surface area (TPSA) is 24.6 Å². The number of aryl methyl sites for hydroxylation is 1. The fraction of sp³-hybridized carbons (Fsp3) is 0.133. The summed E-state index contributed by atoms with van der Waals surface area (Å²) in [5, 5.41) is 4.69. The van der Waals surface area contributed by atoms with E-state index in [1.54, 1.807) is 0 Å². The monoisotopic (exact) mass is 443 g/mol. The average Bonchev–Trinajstić information content (AvgIpc) is 3.50. The van der Waals surface area contributed by atoms with Crippen molar-refractivity contribution in [3.63, 3.8) is 0 Å². The van der Waals surface area contributed by atoms with Gasteiger partial charge in [0.1, 0.15) is 17.3 Å². The smallest absolute Gasteiger partial charge is 0.145 e. The Morgan fingerprint density at radius 1 is 0.765 bits per heavy atom. The van der Waals surface area contributed by atoms with Crippen LogP contribution in [-0.4, -0.2) is 22.7 Å². The van der Waals surface area contributed by atoms with Crippen LogP contribution in [0.1, 0.15) is 12.5 Å². The molecule has 0 bridgehead atoms. The van der Waals surface area contributed by atoms with Gasteiger partial charge in [-0.2, -0.15) is 0 Å². The molecule has 1 aliphatic rings. The molecule has 0 N–H and O–H groups in total. The molecule has 4 nitrogen and oxygen atoms in total. The van der Waals surface area contributed by atoms with Gasteiger partial charge in [-0.05, 0) is 61.9 Å². The van der Waals surface area contributed by atoms with E-state index < -0.39 is 0 Å². The van der Waals surface area contributed by atoms with Gasteiger partial charge in [-0.15, -0.1) is 0 Å². The Balaban J connectivity index is 1.64. The second-order valence-corrected chi connectivity index (χ2v) is 9.26. The fourth-order valence-corrected chi connectivity index (χ4v) is 5.46. The van der Waals surface area contributed by atoms with Crippen LogP contribution in [0.2, 0.25) is 0 Å². The molecule has 3 heterocycles. The molecule has 0 radical (unpaired) electrons. The number of hydrogen-bond acceptors (Lipinski definition) is 3. The van der Waals surface area contributed by atoms with Gasteiger partial charge in [0.25, 0.3) is 0 Å². The van der Waals surface area contributed by atoms with Crippen molar-refractivity contribution in [1.29, 1.82) is 0 Å². The minimum atomic E-state index is 0.268. The zero-order chi connectivity index (χ0) is 23.0. The molecule has 1 atom stereocenters. The normalized spacial score (nSPS) is 16.1. The molecule has 0 fully saturated rings. The Kier molecular flexibility index (Phi) is 3.92. The summed E-state index contributed by atoms with van der Waals surface area (Å²) in [6.45, 7) is 4.44. The van der Waals surface area contributed by atoms with Crippen LogP contribution in [0.15, 0.2) is 95.7 Å². The molecule has 1 aliphatic heterocycles. The Morgan fingerprint density at radius 3 is 2.35 bits per heavy atom. The van der Waals surface area contributed by atoms with Gasteiger partial charge in [-0.3, -0.25) is 0 Å². The number of nitrogens with zero attached hydrogens (tertiary/aromatic N) is 3. The lowest BCUT2D eigenvalue weighted by Crippen LogP contribution is -2.33. The van der Waals surface area contributed by atoms with Gasteiger partial charge in [-0.1, -0.05) is 36.4 Å². The molecule has 4 heteroatoms. The van der Waals surface area contributed by atoms with Crippen LogP contribution in [-0.2, 0) is 0 Å². The largest absolute Gasteiger partial charge is 0.455 e. The number of para-hydroxylation sites is 2. The van der Waals surface area contributed by atoms with Gasteiger partial charge in [0.05, 0.1) is 16.4 Å². The molecule has 0 spiro atoms. The van der Waals surface area contributed by atoms with Crippen LogP contribution in [0.3, 0.4) is 0 Å². The second kappa shape index (κ2) is 6.91. The zero-order valence-corrected chi connectivity index (χ0v) is 19.5. The van der Waals surface area contributed by atoms with E-state index in [4.69, 9.17) is 4.42 Å². The lowest BCUT2D eigenvalue weighted by molar-refractivity contribution is 0.383. The molecule has 7 rings (SSSR count). The summed E-state index contributed by atoms with van der Waals surface area (Å²) in [7, 11) is 2.12. The molecule has 34 heavy (non-hydrogen) atoms. The first kappa shape index (κ1) is 19.3.